The van der Waals surface area contributed by atoms with Crippen LogP contribution in [-0.4, -0.2) is 10.1 Å². The zero-order valence-electron chi connectivity index (χ0n) is 9.30. The third kappa shape index (κ3) is 3.22. The van der Waals surface area contributed by atoms with Gasteiger partial charge >= 0.3 is 0 Å². The van der Waals surface area contributed by atoms with Gasteiger partial charge in [-0.2, -0.15) is 0 Å². The van der Waals surface area contributed by atoms with E-state index in [1.807, 2.05) is 36.4 Å². The van der Waals surface area contributed by atoms with Crippen molar-refractivity contribution in [3.63, 3.8) is 0 Å². The lowest BCUT2D eigenvalue weighted by Crippen LogP contribution is -1.89. The first-order valence-corrected chi connectivity index (χ1v) is 6.42. The van der Waals surface area contributed by atoms with Crippen molar-refractivity contribution in [2.45, 2.75) is 22.9 Å². The number of aliphatic hydroxyl groups excluding tert-OH is 1. The molecular formula is C13H12ClNOS. The van der Waals surface area contributed by atoms with Crippen LogP contribution in [0.4, 0.5) is 0 Å². The van der Waals surface area contributed by atoms with Gasteiger partial charge in [-0.05, 0) is 36.8 Å². The SMILES string of the molecule is CC(O)c1ccc(Sc2ncccc2Cl)cc1. The highest BCUT2D eigenvalue weighted by Gasteiger charge is 2.04. The van der Waals surface area contributed by atoms with Gasteiger partial charge in [0.1, 0.15) is 5.03 Å². The zero-order chi connectivity index (χ0) is 12.3. The van der Waals surface area contributed by atoms with Gasteiger partial charge in [0.05, 0.1) is 11.1 Å². The van der Waals surface area contributed by atoms with E-state index in [4.69, 9.17) is 11.6 Å². The van der Waals surface area contributed by atoms with Crippen LogP contribution in [0, 0.1) is 0 Å². The van der Waals surface area contributed by atoms with Gasteiger partial charge in [-0.3, -0.25) is 0 Å². The molecule has 2 aromatic rings. The van der Waals surface area contributed by atoms with Crippen LogP contribution in [0.1, 0.15) is 18.6 Å². The van der Waals surface area contributed by atoms with E-state index < -0.39 is 6.10 Å². The van der Waals surface area contributed by atoms with Gasteiger partial charge in [0.25, 0.3) is 0 Å². The number of aliphatic hydroxyl groups is 1. The lowest BCUT2D eigenvalue weighted by molar-refractivity contribution is 0.199. The molecule has 4 heteroatoms. The molecular weight excluding hydrogens is 254 g/mol. The molecule has 0 fully saturated rings. The Morgan fingerprint density at radius 1 is 1.24 bits per heavy atom. The fourth-order valence-electron chi connectivity index (χ4n) is 1.37. The molecule has 1 aromatic heterocycles. The molecule has 1 atom stereocenters. The molecule has 0 aliphatic rings. The molecule has 0 saturated carbocycles. The Bertz CT molecular complexity index is 499. The largest absolute Gasteiger partial charge is 0.389 e. The molecule has 88 valence electrons. The fourth-order valence-corrected chi connectivity index (χ4v) is 2.38. The molecule has 1 heterocycles. The Morgan fingerprint density at radius 3 is 2.53 bits per heavy atom. The van der Waals surface area contributed by atoms with Crippen molar-refractivity contribution in [3.05, 3.63) is 53.2 Å². The highest BCUT2D eigenvalue weighted by molar-refractivity contribution is 7.99. The third-order valence-electron chi connectivity index (χ3n) is 2.30. The molecule has 0 aliphatic heterocycles. The number of benzene rings is 1. The topological polar surface area (TPSA) is 33.1 Å². The quantitative estimate of drug-likeness (QED) is 0.913. The minimum Gasteiger partial charge on any atom is -0.389 e. The van der Waals surface area contributed by atoms with E-state index in [0.29, 0.717) is 5.02 Å². The number of aromatic nitrogens is 1. The molecule has 0 amide bonds. The summed E-state index contributed by atoms with van der Waals surface area (Å²) in [6.45, 7) is 1.75. The minimum absolute atomic E-state index is 0.438. The molecule has 0 saturated heterocycles. The summed E-state index contributed by atoms with van der Waals surface area (Å²) in [6, 6.07) is 11.4. The Hall–Kier alpha value is -1.03. The van der Waals surface area contributed by atoms with Crippen LogP contribution in [0.15, 0.2) is 52.5 Å². The Kier molecular flexibility index (Phi) is 4.05. The van der Waals surface area contributed by atoms with Crippen molar-refractivity contribution < 1.29 is 5.11 Å². The first-order chi connectivity index (χ1) is 8.16. The molecule has 1 N–H and O–H groups in total. The molecule has 2 rings (SSSR count). The molecule has 0 spiro atoms. The summed E-state index contributed by atoms with van der Waals surface area (Å²) in [5.74, 6) is 0. The summed E-state index contributed by atoms with van der Waals surface area (Å²) in [4.78, 5) is 5.26. The summed E-state index contributed by atoms with van der Waals surface area (Å²) in [5, 5.41) is 10.8. The maximum Gasteiger partial charge on any atom is 0.119 e. The normalized spacial score (nSPS) is 12.4. The van der Waals surface area contributed by atoms with Gasteiger partial charge in [0, 0.05) is 11.1 Å². The standard InChI is InChI=1S/C13H12ClNOS/c1-9(16)10-4-6-11(7-5-10)17-13-12(14)3-2-8-15-13/h2-9,16H,1H3. The number of halogens is 1. The molecule has 0 radical (unpaired) electrons. The van der Waals surface area contributed by atoms with Crippen LogP contribution in [0.2, 0.25) is 5.02 Å². The van der Waals surface area contributed by atoms with Gasteiger partial charge in [0.2, 0.25) is 0 Å². The monoisotopic (exact) mass is 265 g/mol. The molecule has 2 nitrogen and oxygen atoms in total. The van der Waals surface area contributed by atoms with E-state index in [-0.39, 0.29) is 0 Å². The van der Waals surface area contributed by atoms with Crippen LogP contribution >= 0.6 is 23.4 Å². The molecule has 1 unspecified atom stereocenters. The maximum absolute atomic E-state index is 9.41. The van der Waals surface area contributed by atoms with Crippen molar-refractivity contribution in [3.8, 4) is 0 Å². The summed E-state index contributed by atoms with van der Waals surface area (Å²) >= 11 is 7.54. The predicted molar refractivity (Wildman–Crippen MR) is 70.4 cm³/mol. The zero-order valence-corrected chi connectivity index (χ0v) is 10.9. The van der Waals surface area contributed by atoms with E-state index in [1.54, 1.807) is 13.1 Å². The van der Waals surface area contributed by atoms with E-state index >= 15 is 0 Å². The van der Waals surface area contributed by atoms with E-state index in [2.05, 4.69) is 4.98 Å². The number of pyridine rings is 1. The fraction of sp³-hybridized carbons (Fsp3) is 0.154. The van der Waals surface area contributed by atoms with Crippen molar-refractivity contribution in [2.24, 2.45) is 0 Å². The number of hydrogen-bond donors (Lipinski definition) is 1. The Morgan fingerprint density at radius 2 is 1.94 bits per heavy atom. The predicted octanol–water partition coefficient (Wildman–Crippen LogP) is 3.94. The van der Waals surface area contributed by atoms with Crippen LogP contribution in [0.5, 0.6) is 0 Å². The van der Waals surface area contributed by atoms with E-state index in [1.165, 1.54) is 11.8 Å². The summed E-state index contributed by atoms with van der Waals surface area (Å²) in [7, 11) is 0. The average molecular weight is 266 g/mol. The van der Waals surface area contributed by atoms with Crippen LogP contribution in [-0.2, 0) is 0 Å². The lowest BCUT2D eigenvalue weighted by Gasteiger charge is -2.06. The third-order valence-corrected chi connectivity index (χ3v) is 3.75. The van der Waals surface area contributed by atoms with E-state index in [0.717, 1.165) is 15.5 Å². The molecule has 0 bridgehead atoms. The second-order valence-electron chi connectivity index (χ2n) is 3.64. The second kappa shape index (κ2) is 5.54. The average Bonchev–Trinajstić information content (AvgIpc) is 2.33. The molecule has 17 heavy (non-hydrogen) atoms. The second-order valence-corrected chi connectivity index (χ2v) is 5.11. The lowest BCUT2D eigenvalue weighted by atomic mass is 10.1. The summed E-state index contributed by atoms with van der Waals surface area (Å²) in [5.41, 5.74) is 0.904. The van der Waals surface area contributed by atoms with Gasteiger partial charge in [-0.25, -0.2) is 4.98 Å². The van der Waals surface area contributed by atoms with Gasteiger partial charge in [0.15, 0.2) is 0 Å². The van der Waals surface area contributed by atoms with Gasteiger partial charge in [-0.15, -0.1) is 0 Å². The summed E-state index contributed by atoms with van der Waals surface area (Å²) < 4.78 is 0. The smallest absolute Gasteiger partial charge is 0.119 e. The summed E-state index contributed by atoms with van der Waals surface area (Å²) in [6.07, 6.45) is 1.28. The van der Waals surface area contributed by atoms with Crippen molar-refractivity contribution >= 4 is 23.4 Å². The van der Waals surface area contributed by atoms with Crippen LogP contribution < -0.4 is 0 Å². The van der Waals surface area contributed by atoms with Crippen LogP contribution in [0.3, 0.4) is 0 Å². The van der Waals surface area contributed by atoms with Crippen LogP contribution in [0.25, 0.3) is 0 Å². The minimum atomic E-state index is -0.438. The molecule has 0 aliphatic carbocycles. The Labute approximate surface area is 110 Å². The maximum atomic E-state index is 9.41. The van der Waals surface area contributed by atoms with Crippen molar-refractivity contribution in [1.82, 2.24) is 4.98 Å². The highest BCUT2D eigenvalue weighted by Crippen LogP contribution is 2.31. The van der Waals surface area contributed by atoms with E-state index in [9.17, 15) is 5.11 Å². The first-order valence-electron chi connectivity index (χ1n) is 5.23. The number of nitrogens with zero attached hydrogens (tertiary/aromatic N) is 1. The van der Waals surface area contributed by atoms with Gasteiger partial charge < -0.3 is 5.11 Å². The number of hydrogen-bond acceptors (Lipinski definition) is 3. The molecule has 1 aromatic carbocycles. The highest BCUT2D eigenvalue weighted by atomic mass is 35.5. The van der Waals surface area contributed by atoms with Crippen molar-refractivity contribution in [1.29, 1.82) is 0 Å². The first kappa shape index (κ1) is 12.4. The van der Waals surface area contributed by atoms with Crippen molar-refractivity contribution in [2.75, 3.05) is 0 Å². The number of rotatable bonds is 3. The Balaban J connectivity index is 2.17. The van der Waals surface area contributed by atoms with Gasteiger partial charge in [-0.1, -0.05) is 35.5 Å².